The van der Waals surface area contributed by atoms with Crippen molar-refractivity contribution in [3.63, 3.8) is 0 Å². The highest BCUT2D eigenvalue weighted by molar-refractivity contribution is 7.74. The molecule has 3 aromatic rings. The highest BCUT2D eigenvalue weighted by Gasteiger charge is 2.55. The third kappa shape index (κ3) is 31.9. The van der Waals surface area contributed by atoms with Crippen molar-refractivity contribution in [3.05, 3.63) is 96.6 Å². The van der Waals surface area contributed by atoms with Crippen LogP contribution >= 0.6 is 7.37 Å². The lowest BCUT2D eigenvalue weighted by Gasteiger charge is -2.46. The van der Waals surface area contributed by atoms with Crippen molar-refractivity contribution in [1.29, 1.82) is 0 Å². The second kappa shape index (κ2) is 46.8. The van der Waals surface area contributed by atoms with E-state index in [1.54, 1.807) is 91.0 Å². The summed E-state index contributed by atoms with van der Waals surface area (Å²) in [7, 11) is -4.38. The molecule has 4 rings (SSSR count). The molecule has 1 saturated heterocycles. The SMILES string of the molecule is CCCCCCCCCCCCCC(=O)O[C@H](CCCCCCCCCCC)CC(=O)O[C@@H]1[C@@H](NC(=O)C(F)(F)CCCCCCCCCCCC)[C@H](OCCCC(=O)O)O[C@H](COC(=O)OCc2ccccc2)[C@H]1OP(=O)(c1ccccc1)c1ccccc1. The molecule has 0 bridgehead atoms. The fraction of sp³-hybridized carbons (Fsp3) is 0.681. The summed E-state index contributed by atoms with van der Waals surface area (Å²) in [4.78, 5) is 68.2. The summed E-state index contributed by atoms with van der Waals surface area (Å²) in [5, 5.41) is 12.4. The highest BCUT2D eigenvalue weighted by atomic mass is 31.2. The molecule has 2 N–H and O–H groups in total. The molecule has 0 spiro atoms. The molecule has 90 heavy (non-hydrogen) atoms. The molecule has 506 valence electrons. The lowest BCUT2D eigenvalue weighted by atomic mass is 9.95. The van der Waals surface area contributed by atoms with E-state index in [-0.39, 0.29) is 49.5 Å². The number of carbonyl (C=O) groups excluding carboxylic acids is 4. The Morgan fingerprint density at radius 2 is 1.03 bits per heavy atom. The first kappa shape index (κ1) is 77.2. The Labute approximate surface area is 537 Å². The topological polar surface area (TPSA) is 199 Å². The first-order chi connectivity index (χ1) is 43.7. The summed E-state index contributed by atoms with van der Waals surface area (Å²) in [6.07, 6.45) is 19.5. The molecule has 1 aliphatic rings. The van der Waals surface area contributed by atoms with Crippen molar-refractivity contribution in [3.8, 4) is 0 Å². The number of benzene rings is 3. The lowest BCUT2D eigenvalue weighted by Crippen LogP contribution is -2.67. The van der Waals surface area contributed by atoms with E-state index in [2.05, 4.69) is 26.1 Å². The second-order valence-electron chi connectivity index (χ2n) is 24.3. The largest absolute Gasteiger partial charge is 0.508 e. The van der Waals surface area contributed by atoms with Crippen LogP contribution in [0.15, 0.2) is 91.0 Å². The zero-order valence-corrected chi connectivity index (χ0v) is 55.6. The van der Waals surface area contributed by atoms with E-state index in [0.717, 1.165) is 103 Å². The molecule has 15 nitrogen and oxygen atoms in total. The summed E-state index contributed by atoms with van der Waals surface area (Å²) >= 11 is 0. The van der Waals surface area contributed by atoms with Crippen LogP contribution in [-0.4, -0.2) is 91.0 Å². The van der Waals surface area contributed by atoms with E-state index in [1.165, 1.54) is 57.8 Å². The molecular weight excluding hydrogens is 1170 g/mol. The zero-order valence-electron chi connectivity index (χ0n) is 54.7. The standard InChI is InChI=1S/C72H110F2NO14P/c1-4-7-10-13-16-19-21-23-26-29-41-52-64(78)86-59(46-36-28-25-22-18-15-12-9-6-3)55-65(79)88-68-66(75-70(80)72(73,74)53-42-30-27-24-20-17-14-11-8-5-2)69(83-54-43-51-63(76)77)87-62(57-85-71(81)84-56-58-44-34-31-35-45-58)67(68)89-90(82,60-47-37-32-38-48-60)61-49-39-33-40-50-61/h31-35,37-40,44-45,47-50,59,62,66-69H,4-30,36,41-43,46,51-57H2,1-3H3,(H,75,80)(H,76,77)/t59-,62-,66-,67-,68-,69-/m1/s1. The number of nitrogens with one attached hydrogen (secondary N) is 1. The molecular formula is C72H110F2NO14P. The van der Waals surface area contributed by atoms with Crippen LogP contribution in [0, 0.1) is 0 Å². The molecule has 1 fully saturated rings. The van der Waals surface area contributed by atoms with Crippen LogP contribution in [-0.2, 0) is 63.3 Å². The predicted molar refractivity (Wildman–Crippen MR) is 349 cm³/mol. The Bertz CT molecular complexity index is 2400. The molecule has 1 heterocycles. The second-order valence-corrected chi connectivity index (χ2v) is 26.7. The third-order valence-corrected chi connectivity index (χ3v) is 19.0. The van der Waals surface area contributed by atoms with Gasteiger partial charge in [-0.15, -0.1) is 0 Å². The van der Waals surface area contributed by atoms with Crippen LogP contribution in [0.4, 0.5) is 13.6 Å². The van der Waals surface area contributed by atoms with Crippen molar-refractivity contribution >= 4 is 47.9 Å². The van der Waals surface area contributed by atoms with E-state index in [4.69, 9.17) is 32.9 Å². The molecule has 0 aliphatic carbocycles. The fourth-order valence-corrected chi connectivity index (χ4v) is 13.5. The zero-order chi connectivity index (χ0) is 64.9. The van der Waals surface area contributed by atoms with Gasteiger partial charge in [0.15, 0.2) is 12.4 Å². The van der Waals surface area contributed by atoms with Crippen molar-refractivity contribution in [2.24, 2.45) is 0 Å². The average Bonchev–Trinajstić information content (AvgIpc) is 0.790. The third-order valence-electron chi connectivity index (χ3n) is 16.5. The van der Waals surface area contributed by atoms with Gasteiger partial charge < -0.3 is 43.4 Å². The minimum Gasteiger partial charge on any atom is -0.481 e. The van der Waals surface area contributed by atoms with Crippen LogP contribution in [0.2, 0.25) is 0 Å². The van der Waals surface area contributed by atoms with E-state index >= 15 is 18.1 Å². The van der Waals surface area contributed by atoms with E-state index < -0.39 is 99.5 Å². The molecule has 0 saturated carbocycles. The molecule has 1 aliphatic heterocycles. The smallest absolute Gasteiger partial charge is 0.481 e. The number of ether oxygens (including phenoxy) is 6. The molecule has 6 atom stereocenters. The molecule has 0 aromatic heterocycles. The minimum absolute atomic E-state index is 0.0339. The normalized spacial score (nSPS) is 17.1. The predicted octanol–water partition coefficient (Wildman–Crippen LogP) is 17.5. The van der Waals surface area contributed by atoms with Crippen LogP contribution in [0.3, 0.4) is 0 Å². The molecule has 1 amide bonds. The first-order valence-corrected chi connectivity index (χ1v) is 36.1. The number of esters is 2. The van der Waals surface area contributed by atoms with Crippen molar-refractivity contribution in [2.75, 3.05) is 13.2 Å². The Morgan fingerprint density at radius 1 is 0.567 bits per heavy atom. The number of hydrogen-bond acceptors (Lipinski definition) is 13. The maximum Gasteiger partial charge on any atom is 0.508 e. The Balaban J connectivity index is 1.74. The van der Waals surface area contributed by atoms with Gasteiger partial charge in [0.05, 0.1) is 13.0 Å². The number of amides is 1. The van der Waals surface area contributed by atoms with E-state index in [1.807, 2.05) is 0 Å². The summed E-state index contributed by atoms with van der Waals surface area (Å²) < 4.78 is 92.2. The Morgan fingerprint density at radius 3 is 1.53 bits per heavy atom. The van der Waals surface area contributed by atoms with Crippen LogP contribution < -0.4 is 15.9 Å². The van der Waals surface area contributed by atoms with Gasteiger partial charge in [0.2, 0.25) is 0 Å². The van der Waals surface area contributed by atoms with Gasteiger partial charge in [-0.1, -0.05) is 261 Å². The van der Waals surface area contributed by atoms with Gasteiger partial charge in [-0.3, -0.25) is 23.7 Å². The van der Waals surface area contributed by atoms with Crippen molar-refractivity contribution < 1.29 is 75.4 Å². The monoisotopic (exact) mass is 1280 g/mol. The molecule has 18 heteroatoms. The van der Waals surface area contributed by atoms with Crippen molar-refractivity contribution in [1.82, 2.24) is 5.32 Å². The van der Waals surface area contributed by atoms with Gasteiger partial charge >= 0.3 is 30.0 Å². The van der Waals surface area contributed by atoms with Crippen LogP contribution in [0.1, 0.15) is 257 Å². The highest BCUT2D eigenvalue weighted by Crippen LogP contribution is 2.49. The van der Waals surface area contributed by atoms with E-state index in [9.17, 15) is 24.3 Å². The number of unbranched alkanes of at least 4 members (excludes halogenated alkanes) is 27. The number of aliphatic carboxylic acids is 1. The van der Waals surface area contributed by atoms with Crippen LogP contribution in [0.5, 0.6) is 0 Å². The van der Waals surface area contributed by atoms with Crippen LogP contribution in [0.25, 0.3) is 0 Å². The number of carbonyl (C=O) groups is 5. The van der Waals surface area contributed by atoms with Gasteiger partial charge in [-0.25, -0.2) is 4.79 Å². The summed E-state index contributed by atoms with van der Waals surface area (Å²) in [5.74, 6) is -8.29. The van der Waals surface area contributed by atoms with Gasteiger partial charge in [0.25, 0.3) is 13.3 Å². The summed E-state index contributed by atoms with van der Waals surface area (Å²) in [6, 6.07) is 23.3. The first-order valence-electron chi connectivity index (χ1n) is 34.5. The number of hydrogen-bond donors (Lipinski definition) is 2. The number of carboxylic acid groups (broad SMARTS) is 1. The molecule has 3 aromatic carbocycles. The van der Waals surface area contributed by atoms with Gasteiger partial charge in [0, 0.05) is 29.9 Å². The number of alkyl halides is 2. The summed E-state index contributed by atoms with van der Waals surface area (Å²) in [5.41, 5.74) is 0.650. The van der Waals surface area contributed by atoms with Crippen molar-refractivity contribution in [2.45, 2.75) is 301 Å². The van der Waals surface area contributed by atoms with Gasteiger partial charge in [-0.05, 0) is 61.9 Å². The minimum atomic E-state index is -4.38. The van der Waals surface area contributed by atoms with E-state index in [0.29, 0.717) is 37.7 Å². The quantitative estimate of drug-likeness (QED) is 0.0234. The number of halogens is 2. The average molecular weight is 1280 g/mol. The maximum atomic E-state index is 16.5. The van der Waals surface area contributed by atoms with Gasteiger partial charge in [-0.2, -0.15) is 8.78 Å². The number of carboxylic acids is 1. The molecule has 0 radical (unpaired) electrons. The fourth-order valence-electron chi connectivity index (χ4n) is 11.3. The number of rotatable bonds is 52. The van der Waals surface area contributed by atoms with Gasteiger partial charge in [0.1, 0.15) is 37.6 Å². The Hall–Kier alpha value is -5.22. The summed E-state index contributed by atoms with van der Waals surface area (Å²) in [6.45, 7) is 5.29. The maximum absolute atomic E-state index is 16.5. The Kier molecular flexibility index (Phi) is 40.1. The molecule has 0 unspecified atom stereocenters. The lowest BCUT2D eigenvalue weighted by molar-refractivity contribution is -0.270.